The number of aromatic nitrogens is 1. The van der Waals surface area contributed by atoms with E-state index in [1.54, 1.807) is 30.5 Å². The topological polar surface area (TPSA) is 39.2 Å². The molecule has 0 saturated heterocycles. The molecule has 0 aliphatic heterocycles. The summed E-state index contributed by atoms with van der Waals surface area (Å²) < 4.78 is 19.0. The summed E-state index contributed by atoms with van der Waals surface area (Å²) in [6.07, 6.45) is 1.62. The highest BCUT2D eigenvalue weighted by molar-refractivity contribution is 5.72. The Kier molecular flexibility index (Phi) is 5.04. The fraction of sp³-hybridized carbons (Fsp3) is 0.294. The van der Waals surface area contributed by atoms with Crippen LogP contribution in [0.15, 0.2) is 48.7 Å². The average Bonchev–Trinajstić information content (AvgIpc) is 2.52. The molecule has 0 N–H and O–H groups in total. The molecule has 1 aromatic carbocycles. The van der Waals surface area contributed by atoms with Crippen molar-refractivity contribution in [3.8, 4) is 0 Å². The van der Waals surface area contributed by atoms with Gasteiger partial charge in [-0.05, 0) is 30.7 Å². The third-order valence-corrected chi connectivity index (χ3v) is 3.36. The van der Waals surface area contributed by atoms with E-state index < -0.39 is 6.10 Å². The summed E-state index contributed by atoms with van der Waals surface area (Å²) in [5, 5.41) is 0. The van der Waals surface area contributed by atoms with E-state index in [-0.39, 0.29) is 17.7 Å². The second-order valence-electron chi connectivity index (χ2n) is 4.94. The SMILES string of the molecule is CCC(C)C(=O)OC(c1cccc(F)c1)c1ccccn1. The van der Waals surface area contributed by atoms with E-state index in [0.29, 0.717) is 17.7 Å². The minimum atomic E-state index is -0.691. The number of esters is 1. The number of halogens is 1. The molecule has 2 unspecified atom stereocenters. The number of hydrogen-bond donors (Lipinski definition) is 0. The molecule has 1 aromatic heterocycles. The van der Waals surface area contributed by atoms with Crippen LogP contribution in [0.2, 0.25) is 0 Å². The van der Waals surface area contributed by atoms with Gasteiger partial charge in [-0.3, -0.25) is 9.78 Å². The highest BCUT2D eigenvalue weighted by atomic mass is 19.1. The van der Waals surface area contributed by atoms with Gasteiger partial charge in [-0.1, -0.05) is 32.0 Å². The van der Waals surface area contributed by atoms with Crippen LogP contribution < -0.4 is 0 Å². The third kappa shape index (κ3) is 3.88. The fourth-order valence-corrected chi connectivity index (χ4v) is 1.90. The molecule has 0 bridgehead atoms. The van der Waals surface area contributed by atoms with Gasteiger partial charge in [0.05, 0.1) is 11.6 Å². The van der Waals surface area contributed by atoms with E-state index in [4.69, 9.17) is 4.74 Å². The van der Waals surface area contributed by atoms with Crippen molar-refractivity contribution in [2.45, 2.75) is 26.4 Å². The van der Waals surface area contributed by atoms with Crippen LogP contribution in [0.5, 0.6) is 0 Å². The van der Waals surface area contributed by atoms with E-state index in [9.17, 15) is 9.18 Å². The minimum absolute atomic E-state index is 0.204. The van der Waals surface area contributed by atoms with Crippen molar-refractivity contribution < 1.29 is 13.9 Å². The largest absolute Gasteiger partial charge is 0.451 e. The summed E-state index contributed by atoms with van der Waals surface area (Å²) in [7, 11) is 0. The van der Waals surface area contributed by atoms with Crippen LogP contribution in [-0.2, 0) is 9.53 Å². The van der Waals surface area contributed by atoms with Gasteiger partial charge in [0.15, 0.2) is 6.10 Å². The Morgan fingerprint density at radius 1 is 1.29 bits per heavy atom. The molecule has 110 valence electrons. The van der Waals surface area contributed by atoms with Crippen LogP contribution in [0.1, 0.15) is 37.6 Å². The van der Waals surface area contributed by atoms with Crippen molar-refractivity contribution in [1.82, 2.24) is 4.98 Å². The molecule has 3 nitrogen and oxygen atoms in total. The quantitative estimate of drug-likeness (QED) is 0.783. The van der Waals surface area contributed by atoms with E-state index in [1.807, 2.05) is 19.9 Å². The summed E-state index contributed by atoms with van der Waals surface area (Å²) in [4.78, 5) is 16.3. The van der Waals surface area contributed by atoms with Crippen molar-refractivity contribution >= 4 is 5.97 Å². The maximum Gasteiger partial charge on any atom is 0.309 e. The molecule has 4 heteroatoms. The van der Waals surface area contributed by atoms with Crippen LogP contribution >= 0.6 is 0 Å². The maximum atomic E-state index is 13.4. The van der Waals surface area contributed by atoms with Crippen molar-refractivity contribution in [2.75, 3.05) is 0 Å². The van der Waals surface area contributed by atoms with Gasteiger partial charge in [-0.2, -0.15) is 0 Å². The zero-order chi connectivity index (χ0) is 15.2. The number of carbonyl (C=O) groups excluding carboxylic acids is 1. The lowest BCUT2D eigenvalue weighted by molar-refractivity contribution is -0.152. The molecule has 0 aliphatic rings. The zero-order valence-corrected chi connectivity index (χ0v) is 12.1. The molecule has 2 atom stereocenters. The molecule has 21 heavy (non-hydrogen) atoms. The summed E-state index contributed by atoms with van der Waals surface area (Å²) >= 11 is 0. The van der Waals surface area contributed by atoms with Gasteiger partial charge in [-0.25, -0.2) is 4.39 Å². The Hall–Kier alpha value is -2.23. The first kappa shape index (κ1) is 15.2. The molecule has 1 heterocycles. The first-order chi connectivity index (χ1) is 10.1. The van der Waals surface area contributed by atoms with Crippen LogP contribution in [-0.4, -0.2) is 11.0 Å². The summed E-state index contributed by atoms with van der Waals surface area (Å²) in [6, 6.07) is 11.4. The van der Waals surface area contributed by atoms with Gasteiger partial charge in [0, 0.05) is 11.8 Å². The monoisotopic (exact) mass is 287 g/mol. The van der Waals surface area contributed by atoms with Crippen molar-refractivity contribution in [3.63, 3.8) is 0 Å². The van der Waals surface area contributed by atoms with Crippen LogP contribution in [0.4, 0.5) is 4.39 Å². The summed E-state index contributed by atoms with van der Waals surface area (Å²) in [5.74, 6) is -0.879. The van der Waals surface area contributed by atoms with Crippen molar-refractivity contribution in [1.29, 1.82) is 0 Å². The van der Waals surface area contributed by atoms with Gasteiger partial charge < -0.3 is 4.74 Å². The van der Waals surface area contributed by atoms with Crippen LogP contribution in [0.25, 0.3) is 0 Å². The molecule has 2 aromatic rings. The van der Waals surface area contributed by atoms with Crippen LogP contribution in [0, 0.1) is 11.7 Å². The highest BCUT2D eigenvalue weighted by Crippen LogP contribution is 2.26. The molecule has 0 aliphatic carbocycles. The summed E-state index contributed by atoms with van der Waals surface area (Å²) in [6.45, 7) is 3.73. The van der Waals surface area contributed by atoms with Gasteiger partial charge in [0.2, 0.25) is 0 Å². The van der Waals surface area contributed by atoms with Crippen molar-refractivity contribution in [2.24, 2.45) is 5.92 Å². The maximum absolute atomic E-state index is 13.4. The molecular weight excluding hydrogens is 269 g/mol. The summed E-state index contributed by atoms with van der Waals surface area (Å²) in [5.41, 5.74) is 1.16. The highest BCUT2D eigenvalue weighted by Gasteiger charge is 2.23. The number of pyridine rings is 1. The fourth-order valence-electron chi connectivity index (χ4n) is 1.90. The minimum Gasteiger partial charge on any atom is -0.451 e. The number of rotatable bonds is 5. The van der Waals surface area contributed by atoms with E-state index in [0.717, 1.165) is 0 Å². The molecule has 2 rings (SSSR count). The Labute approximate surface area is 123 Å². The normalized spacial score (nSPS) is 13.5. The Morgan fingerprint density at radius 3 is 2.71 bits per heavy atom. The second kappa shape index (κ2) is 6.97. The van der Waals surface area contributed by atoms with Gasteiger partial charge in [0.25, 0.3) is 0 Å². The standard InChI is InChI=1S/C17H18FNO2/c1-3-12(2)17(20)21-16(15-9-4-5-10-19-15)13-7-6-8-14(18)11-13/h4-12,16H,3H2,1-2H3. The Balaban J connectivity index is 2.33. The van der Waals surface area contributed by atoms with E-state index in [1.165, 1.54) is 12.1 Å². The second-order valence-corrected chi connectivity index (χ2v) is 4.94. The molecule has 0 fully saturated rings. The zero-order valence-electron chi connectivity index (χ0n) is 12.1. The molecule has 0 radical (unpaired) electrons. The number of benzene rings is 1. The third-order valence-electron chi connectivity index (χ3n) is 3.36. The predicted octanol–water partition coefficient (Wildman–Crippen LogP) is 3.90. The number of ether oxygens (including phenoxy) is 1. The number of carbonyl (C=O) groups is 1. The lowest BCUT2D eigenvalue weighted by atomic mass is 10.0. The smallest absolute Gasteiger partial charge is 0.309 e. The van der Waals surface area contributed by atoms with Gasteiger partial charge >= 0.3 is 5.97 Å². The van der Waals surface area contributed by atoms with Gasteiger partial charge in [-0.15, -0.1) is 0 Å². The van der Waals surface area contributed by atoms with E-state index in [2.05, 4.69) is 4.98 Å². The number of nitrogens with zero attached hydrogens (tertiary/aromatic N) is 1. The molecule has 0 spiro atoms. The predicted molar refractivity (Wildman–Crippen MR) is 78.0 cm³/mol. The lowest BCUT2D eigenvalue weighted by Crippen LogP contribution is -2.19. The average molecular weight is 287 g/mol. The molecular formula is C17H18FNO2. The Morgan fingerprint density at radius 2 is 2.10 bits per heavy atom. The van der Waals surface area contributed by atoms with Crippen molar-refractivity contribution in [3.05, 3.63) is 65.7 Å². The van der Waals surface area contributed by atoms with Crippen LogP contribution in [0.3, 0.4) is 0 Å². The molecule has 0 saturated carbocycles. The number of hydrogen-bond acceptors (Lipinski definition) is 3. The van der Waals surface area contributed by atoms with E-state index >= 15 is 0 Å². The van der Waals surface area contributed by atoms with Gasteiger partial charge in [0.1, 0.15) is 5.82 Å². The lowest BCUT2D eigenvalue weighted by Gasteiger charge is -2.20. The first-order valence-electron chi connectivity index (χ1n) is 6.98. The molecule has 0 amide bonds. The first-order valence-corrected chi connectivity index (χ1v) is 6.98. The Bertz CT molecular complexity index is 601.